The molecule has 0 saturated carbocycles. The zero-order valence-electron chi connectivity index (χ0n) is 18.3. The molecule has 8 nitrogen and oxygen atoms in total. The Morgan fingerprint density at radius 2 is 1.41 bits per heavy atom. The third-order valence-electron chi connectivity index (χ3n) is 5.59. The summed E-state index contributed by atoms with van der Waals surface area (Å²) in [5.74, 6) is -1.46. The molecule has 4 rings (SSSR count). The van der Waals surface area contributed by atoms with Gasteiger partial charge in [0.15, 0.2) is 0 Å². The van der Waals surface area contributed by atoms with Crippen molar-refractivity contribution in [1.82, 2.24) is 9.80 Å². The van der Waals surface area contributed by atoms with E-state index < -0.39 is 29.9 Å². The number of carbonyl (C=O) groups excluding carboxylic acids is 2. The van der Waals surface area contributed by atoms with Gasteiger partial charge < -0.3 is 14.6 Å². The molecule has 2 amide bonds. The lowest BCUT2D eigenvalue weighted by Gasteiger charge is -2.29. The Balaban J connectivity index is 1.49. The molecule has 2 aliphatic rings. The highest BCUT2D eigenvalue weighted by Crippen LogP contribution is 2.44. The average molecular weight is 438 g/mol. The molecule has 0 aromatic heterocycles. The molecular weight excluding hydrogens is 412 g/mol. The van der Waals surface area contributed by atoms with Gasteiger partial charge in [0.1, 0.15) is 12.2 Å². The quantitative estimate of drug-likeness (QED) is 0.781. The van der Waals surface area contributed by atoms with Crippen LogP contribution < -0.4 is 0 Å². The van der Waals surface area contributed by atoms with Crippen LogP contribution in [-0.2, 0) is 14.3 Å². The minimum atomic E-state index is -1.47. The maximum Gasteiger partial charge on any atom is 0.412 e. The van der Waals surface area contributed by atoms with Crippen molar-refractivity contribution in [2.45, 2.75) is 38.5 Å². The summed E-state index contributed by atoms with van der Waals surface area (Å²) < 4.78 is 10.9. The van der Waals surface area contributed by atoms with Crippen molar-refractivity contribution < 1.29 is 29.0 Å². The van der Waals surface area contributed by atoms with Crippen molar-refractivity contribution in [3.05, 3.63) is 59.7 Å². The summed E-state index contributed by atoms with van der Waals surface area (Å²) in [5.41, 5.74) is 3.55. The van der Waals surface area contributed by atoms with Crippen molar-refractivity contribution in [1.29, 1.82) is 0 Å². The van der Waals surface area contributed by atoms with Crippen LogP contribution in [0.25, 0.3) is 11.1 Å². The first-order valence-corrected chi connectivity index (χ1v) is 10.5. The fourth-order valence-electron chi connectivity index (χ4n) is 4.27. The van der Waals surface area contributed by atoms with E-state index in [0.717, 1.165) is 32.1 Å². The lowest BCUT2D eigenvalue weighted by Crippen LogP contribution is -2.50. The van der Waals surface area contributed by atoms with Crippen LogP contribution >= 0.6 is 0 Å². The standard InChI is InChI=1S/C24H26N2O6/c1-24(2,3)32-23(30)26-13-12-25(20(26)21(27)28)22(29)31-14-19-17-10-6-4-8-15(17)16-9-5-7-11-18(16)19/h4-11,19-20H,12-14H2,1-3H3,(H,27,28). The van der Waals surface area contributed by atoms with Gasteiger partial charge in [0.2, 0.25) is 6.17 Å². The Bertz CT molecular complexity index is 1010. The van der Waals surface area contributed by atoms with Gasteiger partial charge in [0, 0.05) is 19.0 Å². The van der Waals surface area contributed by atoms with Gasteiger partial charge in [-0.1, -0.05) is 48.5 Å². The molecule has 0 radical (unpaired) electrons. The van der Waals surface area contributed by atoms with Crippen LogP contribution in [0, 0.1) is 0 Å². The van der Waals surface area contributed by atoms with Crippen LogP contribution in [-0.4, -0.2) is 64.5 Å². The average Bonchev–Trinajstić information content (AvgIpc) is 3.31. The summed E-state index contributed by atoms with van der Waals surface area (Å²) in [7, 11) is 0. The Morgan fingerprint density at radius 1 is 0.906 bits per heavy atom. The molecule has 1 saturated heterocycles. The maximum atomic E-state index is 12.9. The number of nitrogens with zero attached hydrogens (tertiary/aromatic N) is 2. The van der Waals surface area contributed by atoms with Crippen molar-refractivity contribution in [3.8, 4) is 11.1 Å². The Labute approximate surface area is 186 Å². The number of carboxylic acid groups (broad SMARTS) is 1. The summed E-state index contributed by atoms with van der Waals surface area (Å²) in [5, 5.41) is 9.69. The fourth-order valence-corrected chi connectivity index (χ4v) is 4.27. The smallest absolute Gasteiger partial charge is 0.412 e. The Morgan fingerprint density at radius 3 is 1.91 bits per heavy atom. The topological polar surface area (TPSA) is 96.4 Å². The number of aliphatic carboxylic acids is 1. The zero-order valence-corrected chi connectivity index (χ0v) is 18.3. The summed E-state index contributed by atoms with van der Waals surface area (Å²) in [6.07, 6.45) is -3.02. The van der Waals surface area contributed by atoms with Crippen molar-refractivity contribution in [2.75, 3.05) is 19.7 Å². The second-order valence-corrected chi connectivity index (χ2v) is 8.88. The highest BCUT2D eigenvalue weighted by atomic mass is 16.6. The summed E-state index contributed by atoms with van der Waals surface area (Å²) in [6.45, 7) is 5.26. The molecule has 32 heavy (non-hydrogen) atoms. The van der Waals surface area contributed by atoms with E-state index in [1.165, 1.54) is 0 Å². The number of amides is 2. The van der Waals surface area contributed by atoms with Crippen LogP contribution in [0.4, 0.5) is 9.59 Å². The van der Waals surface area contributed by atoms with Crippen LogP contribution in [0.2, 0.25) is 0 Å². The zero-order chi connectivity index (χ0) is 23.0. The molecule has 1 unspecified atom stereocenters. The van der Waals surface area contributed by atoms with E-state index in [1.54, 1.807) is 20.8 Å². The molecule has 1 atom stereocenters. The number of fused-ring (bicyclic) bond motifs is 3. The molecule has 1 heterocycles. The van der Waals surface area contributed by atoms with E-state index in [2.05, 4.69) is 0 Å². The van der Waals surface area contributed by atoms with Gasteiger partial charge in [0.25, 0.3) is 0 Å². The van der Waals surface area contributed by atoms with Crippen molar-refractivity contribution in [2.24, 2.45) is 0 Å². The van der Waals surface area contributed by atoms with Crippen LogP contribution in [0.15, 0.2) is 48.5 Å². The van der Waals surface area contributed by atoms with E-state index in [1.807, 2.05) is 48.5 Å². The van der Waals surface area contributed by atoms with Crippen molar-refractivity contribution >= 4 is 18.2 Å². The molecule has 2 aromatic carbocycles. The molecular formula is C24H26N2O6. The molecule has 0 spiro atoms. The molecule has 0 bridgehead atoms. The predicted octanol–water partition coefficient (Wildman–Crippen LogP) is 3.90. The lowest BCUT2D eigenvalue weighted by atomic mass is 9.98. The number of ether oxygens (including phenoxy) is 2. The molecule has 1 aliphatic carbocycles. The van der Waals surface area contributed by atoms with E-state index in [-0.39, 0.29) is 25.6 Å². The third-order valence-corrected chi connectivity index (χ3v) is 5.59. The van der Waals surface area contributed by atoms with Gasteiger partial charge in [-0.2, -0.15) is 0 Å². The number of hydrogen-bond acceptors (Lipinski definition) is 5. The SMILES string of the molecule is CC(C)(C)OC(=O)N1CCN(C(=O)OCC2c3ccccc3-c3ccccc32)C1C(=O)O. The maximum absolute atomic E-state index is 12.9. The molecule has 1 N–H and O–H groups in total. The van der Waals surface area contributed by atoms with Crippen molar-refractivity contribution in [3.63, 3.8) is 0 Å². The summed E-state index contributed by atoms with van der Waals surface area (Å²) in [6, 6.07) is 15.9. The predicted molar refractivity (Wildman–Crippen MR) is 116 cm³/mol. The molecule has 168 valence electrons. The van der Waals surface area contributed by atoms with Gasteiger partial charge in [-0.05, 0) is 43.0 Å². The lowest BCUT2D eigenvalue weighted by molar-refractivity contribution is -0.146. The second kappa shape index (κ2) is 8.18. The Hall–Kier alpha value is -3.55. The normalized spacial score (nSPS) is 17.7. The highest BCUT2D eigenvalue weighted by Gasteiger charge is 2.45. The monoisotopic (exact) mass is 438 g/mol. The van der Waals surface area contributed by atoms with Gasteiger partial charge in [-0.25, -0.2) is 14.4 Å². The van der Waals surface area contributed by atoms with E-state index in [4.69, 9.17) is 9.47 Å². The molecule has 1 fully saturated rings. The number of rotatable bonds is 3. The Kier molecular flexibility index (Phi) is 5.54. The molecule has 1 aliphatic heterocycles. The number of benzene rings is 2. The minimum absolute atomic E-state index is 0.0485. The fraction of sp³-hybridized carbons (Fsp3) is 0.375. The largest absolute Gasteiger partial charge is 0.478 e. The van der Waals surface area contributed by atoms with Gasteiger partial charge >= 0.3 is 18.2 Å². The van der Waals surface area contributed by atoms with Gasteiger partial charge in [-0.15, -0.1) is 0 Å². The van der Waals surface area contributed by atoms with Crippen LogP contribution in [0.1, 0.15) is 37.8 Å². The first-order chi connectivity index (χ1) is 15.2. The summed E-state index contributed by atoms with van der Waals surface area (Å²) >= 11 is 0. The molecule has 8 heteroatoms. The number of hydrogen-bond donors (Lipinski definition) is 1. The third kappa shape index (κ3) is 4.00. The first-order valence-electron chi connectivity index (χ1n) is 10.5. The van der Waals surface area contributed by atoms with E-state index in [9.17, 15) is 19.5 Å². The highest BCUT2D eigenvalue weighted by molar-refractivity contribution is 5.85. The summed E-state index contributed by atoms with van der Waals surface area (Å²) in [4.78, 5) is 39.3. The number of carboxylic acids is 1. The molecule has 2 aromatic rings. The second-order valence-electron chi connectivity index (χ2n) is 8.88. The minimum Gasteiger partial charge on any atom is -0.478 e. The van der Waals surface area contributed by atoms with Gasteiger partial charge in [-0.3, -0.25) is 9.80 Å². The van der Waals surface area contributed by atoms with E-state index in [0.29, 0.717) is 0 Å². The first kappa shape index (κ1) is 21.7. The van der Waals surface area contributed by atoms with Gasteiger partial charge in [0.05, 0.1) is 0 Å². The van der Waals surface area contributed by atoms with Crippen LogP contribution in [0.5, 0.6) is 0 Å². The van der Waals surface area contributed by atoms with Crippen LogP contribution in [0.3, 0.4) is 0 Å². The van der Waals surface area contributed by atoms with E-state index >= 15 is 0 Å². The number of carbonyl (C=O) groups is 3.